The van der Waals surface area contributed by atoms with Crippen LogP contribution in [0.3, 0.4) is 0 Å². The van der Waals surface area contributed by atoms with Crippen molar-refractivity contribution in [2.45, 2.75) is 77.8 Å². The smallest absolute Gasteiger partial charge is 0.484 e. The molecule has 484 valence electrons. The molecule has 0 spiro atoms. The van der Waals surface area contributed by atoms with Gasteiger partial charge in [-0.1, -0.05) is 47.8 Å². The van der Waals surface area contributed by atoms with E-state index >= 15 is 0 Å². The van der Waals surface area contributed by atoms with Crippen LogP contribution in [0.2, 0.25) is 0 Å². The molecule has 0 aliphatic carbocycles. The molecule has 5 aromatic rings. The molecule has 7 N–H and O–H groups in total. The van der Waals surface area contributed by atoms with Gasteiger partial charge >= 0.3 is 30.0 Å². The van der Waals surface area contributed by atoms with Crippen molar-refractivity contribution in [2.75, 3.05) is 64.1 Å². The molecule has 2 aromatic heterocycles. The molecule has 0 bridgehead atoms. The lowest BCUT2D eigenvalue weighted by molar-refractivity contribution is -0.396. The Morgan fingerprint density at radius 3 is 1.40 bits per heavy atom. The van der Waals surface area contributed by atoms with Crippen molar-refractivity contribution in [2.24, 2.45) is 14.1 Å². The van der Waals surface area contributed by atoms with Crippen molar-refractivity contribution < 1.29 is 81.9 Å². The van der Waals surface area contributed by atoms with E-state index in [0.717, 1.165) is 75.7 Å². The Kier molecular flexibility index (Phi) is 31.3. The maximum Gasteiger partial charge on any atom is 0.514 e. The number of nitro benzene ring substituents is 1. The van der Waals surface area contributed by atoms with E-state index in [0.29, 0.717) is 60.1 Å². The Hall–Kier alpha value is -10.7. The monoisotopic (exact) mass is 1260 g/mol. The number of aliphatic hydroxyl groups excluding tert-OH is 1. The number of carbonyl (C=O) groups excluding carboxylic acids is 7. The van der Waals surface area contributed by atoms with Gasteiger partial charge in [0.2, 0.25) is 23.6 Å². The topological polar surface area (TPSA) is 432 Å². The second kappa shape index (κ2) is 39.2. The summed E-state index contributed by atoms with van der Waals surface area (Å²) in [6.45, 7) is 1.57. The molecule has 0 unspecified atom stereocenters. The number of unbranched alkanes of at least 4 members (excludes halogenated alkanes) is 6. The van der Waals surface area contributed by atoms with E-state index in [1.165, 1.54) is 86.2 Å². The number of imidazole rings is 2. The van der Waals surface area contributed by atoms with Crippen molar-refractivity contribution in [3.8, 4) is 17.2 Å². The van der Waals surface area contributed by atoms with Crippen molar-refractivity contribution in [3.05, 3.63) is 150 Å². The number of methoxy groups -OCH3 is 2. The van der Waals surface area contributed by atoms with E-state index in [1.54, 1.807) is 24.3 Å². The molecule has 0 atom stereocenters. The third kappa shape index (κ3) is 26.5. The number of hydrogen-bond acceptors (Lipinski definition) is 24. The molecule has 2 heterocycles. The number of ether oxygens (including phenoxy) is 6. The first-order valence-electron chi connectivity index (χ1n) is 27.8. The number of non-ortho nitro benzene ring substituents is 1. The van der Waals surface area contributed by atoms with Crippen LogP contribution in [-0.4, -0.2) is 134 Å². The highest BCUT2D eigenvalue weighted by molar-refractivity contribution is 5.96. The van der Waals surface area contributed by atoms with Gasteiger partial charge in [0.1, 0.15) is 49.5 Å². The van der Waals surface area contributed by atoms with Gasteiger partial charge in [-0.2, -0.15) is 0 Å². The number of carbonyl (C=O) groups is 7. The van der Waals surface area contributed by atoms with Gasteiger partial charge in [-0.05, 0) is 96.1 Å². The number of benzene rings is 3. The first-order chi connectivity index (χ1) is 43.2. The fraction of sp³-hybridized carbons (Fsp3) is 0.386. The number of nitro groups is 3. The highest BCUT2D eigenvalue weighted by atomic mass is 16.7. The number of amides is 4. The number of esters is 2. The van der Waals surface area contributed by atoms with Crippen LogP contribution in [0.5, 0.6) is 17.2 Å². The molecule has 5 rings (SSSR count). The summed E-state index contributed by atoms with van der Waals surface area (Å²) in [6.07, 6.45) is 12.6. The normalized spacial score (nSPS) is 10.8. The van der Waals surface area contributed by atoms with Crippen LogP contribution in [0.15, 0.2) is 97.4 Å². The summed E-state index contributed by atoms with van der Waals surface area (Å²) < 4.78 is 33.3. The largest absolute Gasteiger partial charge is 0.514 e. The summed E-state index contributed by atoms with van der Waals surface area (Å²) in [7, 11) is 5.44. The van der Waals surface area contributed by atoms with E-state index in [4.69, 9.17) is 18.9 Å². The maximum atomic E-state index is 12.8. The SMILES string of the molecule is COC(=O)/C=C\C(=O)NCCCCCCNCC(=O)Nc1cc(CO)ccc1OCc1cnc([N+](=O)[O-])n1C.COC(=O)/C=C\C(=O)NCCCCCCNCC(=O)Nc1cc(COC(=O)Oc2ccc([N+](=O)[O-])cc2)ccc1OCc1cnc([N+](=O)[O-])n1C. The van der Waals surface area contributed by atoms with Gasteiger partial charge < -0.3 is 85.7 Å². The lowest BCUT2D eigenvalue weighted by atomic mass is 10.2. The predicted octanol–water partition coefficient (Wildman–Crippen LogP) is 4.80. The molecule has 33 heteroatoms. The van der Waals surface area contributed by atoms with Gasteiger partial charge in [-0.3, -0.25) is 29.3 Å². The van der Waals surface area contributed by atoms with Crippen molar-refractivity contribution >= 4 is 70.7 Å². The van der Waals surface area contributed by atoms with Gasteiger partial charge in [0.25, 0.3) is 5.69 Å². The second-order valence-electron chi connectivity index (χ2n) is 19.1. The molecular formula is C57H71N13O20. The van der Waals surface area contributed by atoms with E-state index in [9.17, 15) is 69.0 Å². The number of rotatable bonds is 37. The van der Waals surface area contributed by atoms with Crippen LogP contribution in [0.25, 0.3) is 0 Å². The fourth-order valence-corrected chi connectivity index (χ4v) is 7.69. The zero-order chi connectivity index (χ0) is 65.8. The first kappa shape index (κ1) is 71.8. The summed E-state index contributed by atoms with van der Waals surface area (Å²) in [4.78, 5) is 121. The molecule has 3 aromatic carbocycles. The first-order valence-corrected chi connectivity index (χ1v) is 27.8. The molecule has 0 fully saturated rings. The molecule has 90 heavy (non-hydrogen) atoms. The van der Waals surface area contributed by atoms with Crippen LogP contribution >= 0.6 is 0 Å². The van der Waals surface area contributed by atoms with Crippen molar-refractivity contribution in [1.82, 2.24) is 40.4 Å². The number of nitrogens with one attached hydrogen (secondary N) is 6. The molecular weight excluding hydrogens is 1190 g/mol. The Bertz CT molecular complexity index is 3310. The minimum absolute atomic E-state index is 0.00912. The molecule has 0 saturated heterocycles. The number of aliphatic hydroxyl groups is 1. The van der Waals surface area contributed by atoms with E-state index in [-0.39, 0.29) is 92.0 Å². The van der Waals surface area contributed by atoms with Crippen LogP contribution in [0, 0.1) is 30.3 Å². The summed E-state index contributed by atoms with van der Waals surface area (Å²) in [5, 5.41) is 59.4. The third-order valence-electron chi connectivity index (χ3n) is 12.5. The third-order valence-corrected chi connectivity index (χ3v) is 12.5. The quantitative estimate of drug-likeness (QED) is 0.00534. The lowest BCUT2D eigenvalue weighted by Gasteiger charge is -2.14. The molecule has 4 amide bonds. The molecule has 0 aliphatic rings. The highest BCUT2D eigenvalue weighted by Gasteiger charge is 2.21. The second-order valence-corrected chi connectivity index (χ2v) is 19.1. The Balaban J connectivity index is 0.000000399. The summed E-state index contributed by atoms with van der Waals surface area (Å²) in [6, 6.07) is 14.4. The van der Waals surface area contributed by atoms with E-state index in [2.05, 4.69) is 51.3 Å². The fourth-order valence-electron chi connectivity index (χ4n) is 7.69. The van der Waals surface area contributed by atoms with Crippen LogP contribution < -0.4 is 46.1 Å². The predicted molar refractivity (Wildman–Crippen MR) is 319 cm³/mol. The van der Waals surface area contributed by atoms with Gasteiger partial charge in [-0.25, -0.2) is 23.5 Å². The minimum Gasteiger partial charge on any atom is -0.484 e. The van der Waals surface area contributed by atoms with E-state index < -0.39 is 38.8 Å². The standard InChI is InChI=1S/C32H37N7O12.C25H34N6O8/c1-37-24(18-35-31(37)39(46)47)21-49-27-12-7-22(20-50-32(43)51-25-10-8-23(9-11-25)38(44)45)17-26(27)36-29(41)19-33-15-5-3-4-6-16-34-28(40)13-14-30(42)48-2;1-30-19(14-28-25(30)31(36)37)17-39-21-8-7-18(16-32)13-20(21)29-23(34)15-26-11-5-3-4-6-12-27-22(33)9-10-24(35)38-2/h7-14,17-18,33H,3-6,15-16,19-21H2,1-2H3,(H,34,40)(H,36,41);7-10,13-14,26,32H,3-6,11-12,15-17H2,1-2H3,(H,27,33)(H,29,34)/b14-13-;10-9-. The van der Waals surface area contributed by atoms with Gasteiger partial charge in [0, 0.05) is 49.5 Å². The summed E-state index contributed by atoms with van der Waals surface area (Å²) >= 11 is 0. The molecule has 33 nitrogen and oxygen atoms in total. The highest BCUT2D eigenvalue weighted by Crippen LogP contribution is 2.29. The Labute approximate surface area is 514 Å². The zero-order valence-corrected chi connectivity index (χ0v) is 49.8. The van der Waals surface area contributed by atoms with Crippen LogP contribution in [0.4, 0.5) is 33.8 Å². The van der Waals surface area contributed by atoms with Crippen LogP contribution in [-0.2, 0) is 83.5 Å². The summed E-state index contributed by atoms with van der Waals surface area (Å²) in [5.74, 6) is -2.68. The average Bonchev–Trinajstić information content (AvgIpc) is 3.03. The van der Waals surface area contributed by atoms with Crippen molar-refractivity contribution in [1.29, 1.82) is 0 Å². The molecule has 0 aliphatic heterocycles. The number of anilines is 2. The summed E-state index contributed by atoms with van der Waals surface area (Å²) in [5.41, 5.74) is 2.35. The number of aromatic nitrogens is 4. The number of nitrogens with zero attached hydrogens (tertiary/aromatic N) is 7. The Morgan fingerprint density at radius 2 is 0.989 bits per heavy atom. The van der Waals surface area contributed by atoms with Crippen LogP contribution in [0.1, 0.15) is 73.9 Å². The average molecular weight is 1260 g/mol. The van der Waals surface area contributed by atoms with Gasteiger partial charge in [0.15, 0.2) is 11.4 Å². The lowest BCUT2D eigenvalue weighted by Crippen LogP contribution is -2.29. The van der Waals surface area contributed by atoms with Gasteiger partial charge in [-0.15, -0.1) is 0 Å². The molecule has 0 saturated carbocycles. The van der Waals surface area contributed by atoms with Gasteiger partial charge in [0.05, 0.1) is 64.3 Å². The minimum atomic E-state index is -1.06. The zero-order valence-electron chi connectivity index (χ0n) is 49.8. The van der Waals surface area contributed by atoms with Crippen molar-refractivity contribution in [3.63, 3.8) is 0 Å². The molecule has 0 radical (unpaired) electrons. The van der Waals surface area contributed by atoms with E-state index in [1.807, 2.05) is 0 Å². The number of hydrogen-bond donors (Lipinski definition) is 7. The Morgan fingerprint density at radius 1 is 0.556 bits per heavy atom. The maximum absolute atomic E-state index is 12.8.